The number of aryl methyl sites for hydroxylation is 1. The zero-order chi connectivity index (χ0) is 17.9. The number of hydrogen-bond acceptors (Lipinski definition) is 4. The molecule has 1 N–H and O–H groups in total. The Morgan fingerprint density at radius 2 is 1.85 bits per heavy atom. The Balaban J connectivity index is 1.66. The largest absolute Gasteiger partial charge is 0.324 e. The van der Waals surface area contributed by atoms with E-state index in [9.17, 15) is 0 Å². The highest BCUT2D eigenvalue weighted by Crippen LogP contribution is 2.24. The van der Waals surface area contributed by atoms with E-state index in [2.05, 4.69) is 20.4 Å². The molecule has 2 aromatic carbocycles. The van der Waals surface area contributed by atoms with Crippen molar-refractivity contribution in [2.45, 2.75) is 6.92 Å². The maximum absolute atomic E-state index is 6.03. The van der Waals surface area contributed by atoms with E-state index < -0.39 is 0 Å². The Morgan fingerprint density at radius 3 is 2.65 bits per heavy atom. The number of para-hydroxylation sites is 1. The molecule has 4 aromatic rings. The highest BCUT2D eigenvalue weighted by atomic mass is 35.5. The summed E-state index contributed by atoms with van der Waals surface area (Å²) in [6, 6.07) is 19.3. The van der Waals surface area contributed by atoms with E-state index in [1.807, 2.05) is 78.5 Å². The fourth-order valence-electron chi connectivity index (χ4n) is 2.69. The Bertz CT molecular complexity index is 1040. The molecule has 0 bridgehead atoms. The molecule has 0 unspecified atom stereocenters. The van der Waals surface area contributed by atoms with Crippen molar-refractivity contribution < 1.29 is 0 Å². The van der Waals surface area contributed by atoms with Gasteiger partial charge in [0.1, 0.15) is 0 Å². The monoisotopic (exact) mass is 361 g/mol. The summed E-state index contributed by atoms with van der Waals surface area (Å²) in [6.45, 7) is 1.97. The normalized spacial score (nSPS) is 10.7. The summed E-state index contributed by atoms with van der Waals surface area (Å²) in [5, 5.41) is 8.44. The zero-order valence-corrected chi connectivity index (χ0v) is 14.9. The average molecular weight is 362 g/mol. The fourth-order valence-corrected chi connectivity index (χ4v) is 2.88. The molecule has 0 atom stereocenters. The van der Waals surface area contributed by atoms with Crippen molar-refractivity contribution in [2.75, 3.05) is 5.32 Å². The minimum atomic E-state index is 0.511. The van der Waals surface area contributed by atoms with Crippen LogP contribution in [0, 0.1) is 6.92 Å². The van der Waals surface area contributed by atoms with E-state index in [0.717, 1.165) is 28.3 Å². The molecule has 0 spiro atoms. The maximum atomic E-state index is 6.03. The number of benzene rings is 2. The number of nitrogens with zero attached hydrogens (tertiary/aromatic N) is 4. The molecule has 0 aliphatic carbocycles. The lowest BCUT2D eigenvalue weighted by atomic mass is 10.2. The maximum Gasteiger partial charge on any atom is 0.227 e. The van der Waals surface area contributed by atoms with Gasteiger partial charge in [-0.2, -0.15) is 5.10 Å². The van der Waals surface area contributed by atoms with Crippen LogP contribution in [0.3, 0.4) is 0 Å². The molecular formula is C20H16ClN5. The molecule has 6 heteroatoms. The first kappa shape index (κ1) is 16.3. The molecule has 0 radical (unpaired) electrons. The van der Waals surface area contributed by atoms with Gasteiger partial charge in [0.25, 0.3) is 0 Å². The fraction of sp³-hybridized carbons (Fsp3) is 0.0500. The van der Waals surface area contributed by atoms with Gasteiger partial charge in [-0.05, 0) is 43.3 Å². The standard InChI is InChI=1S/C20H16ClN5/c1-14-18(13-26(25-14)17-8-3-2-4-9-17)19-10-11-22-20(24-19)23-16-7-5-6-15(21)12-16/h2-13H,1H3,(H,22,23,24). The third-order valence-corrected chi connectivity index (χ3v) is 4.17. The summed E-state index contributed by atoms with van der Waals surface area (Å²) in [4.78, 5) is 8.91. The van der Waals surface area contributed by atoms with Gasteiger partial charge in [-0.3, -0.25) is 0 Å². The number of hydrogen-bond donors (Lipinski definition) is 1. The molecule has 0 fully saturated rings. The Labute approximate surface area is 156 Å². The molecule has 128 valence electrons. The van der Waals surface area contributed by atoms with Crippen LogP contribution in [0.2, 0.25) is 5.02 Å². The van der Waals surface area contributed by atoms with E-state index in [1.54, 1.807) is 6.20 Å². The first-order valence-corrected chi connectivity index (χ1v) is 8.54. The van der Waals surface area contributed by atoms with Crippen LogP contribution in [0.1, 0.15) is 5.69 Å². The van der Waals surface area contributed by atoms with Gasteiger partial charge in [0.2, 0.25) is 5.95 Å². The van der Waals surface area contributed by atoms with Crippen LogP contribution in [0.5, 0.6) is 0 Å². The van der Waals surface area contributed by atoms with Gasteiger partial charge in [-0.1, -0.05) is 35.9 Å². The second-order valence-electron chi connectivity index (χ2n) is 5.81. The number of halogens is 1. The van der Waals surface area contributed by atoms with Crippen molar-refractivity contribution in [2.24, 2.45) is 0 Å². The predicted molar refractivity (Wildman–Crippen MR) is 104 cm³/mol. The summed E-state index contributed by atoms with van der Waals surface area (Å²) in [5.41, 5.74) is 4.52. The topological polar surface area (TPSA) is 55.6 Å². The van der Waals surface area contributed by atoms with E-state index in [1.165, 1.54) is 0 Å². The van der Waals surface area contributed by atoms with Gasteiger partial charge in [0.15, 0.2) is 0 Å². The minimum Gasteiger partial charge on any atom is -0.324 e. The van der Waals surface area contributed by atoms with E-state index >= 15 is 0 Å². The quantitative estimate of drug-likeness (QED) is 0.553. The van der Waals surface area contributed by atoms with Crippen LogP contribution in [0.25, 0.3) is 16.9 Å². The highest BCUT2D eigenvalue weighted by Gasteiger charge is 2.11. The van der Waals surface area contributed by atoms with Crippen LogP contribution in [-0.4, -0.2) is 19.7 Å². The molecule has 26 heavy (non-hydrogen) atoms. The first-order chi connectivity index (χ1) is 12.7. The average Bonchev–Trinajstić information content (AvgIpc) is 3.05. The minimum absolute atomic E-state index is 0.511. The Morgan fingerprint density at radius 1 is 1.00 bits per heavy atom. The van der Waals surface area contributed by atoms with E-state index in [4.69, 9.17) is 11.6 Å². The highest BCUT2D eigenvalue weighted by molar-refractivity contribution is 6.30. The van der Waals surface area contributed by atoms with Crippen LogP contribution >= 0.6 is 11.6 Å². The van der Waals surface area contributed by atoms with Crippen LogP contribution in [0.4, 0.5) is 11.6 Å². The molecule has 2 heterocycles. The lowest BCUT2D eigenvalue weighted by molar-refractivity contribution is 0.863. The molecule has 2 aromatic heterocycles. The number of aromatic nitrogens is 4. The summed E-state index contributed by atoms with van der Waals surface area (Å²) in [7, 11) is 0. The predicted octanol–water partition coefficient (Wildman–Crippen LogP) is 5.03. The van der Waals surface area contributed by atoms with Gasteiger partial charge in [0, 0.05) is 28.7 Å². The van der Waals surface area contributed by atoms with Crippen molar-refractivity contribution in [1.82, 2.24) is 19.7 Å². The van der Waals surface area contributed by atoms with Crippen molar-refractivity contribution in [3.8, 4) is 16.9 Å². The van der Waals surface area contributed by atoms with E-state index in [0.29, 0.717) is 11.0 Å². The second-order valence-corrected chi connectivity index (χ2v) is 6.25. The molecule has 4 rings (SSSR count). The van der Waals surface area contributed by atoms with Gasteiger partial charge in [-0.25, -0.2) is 14.6 Å². The third kappa shape index (κ3) is 3.43. The summed E-state index contributed by atoms with van der Waals surface area (Å²) in [6.07, 6.45) is 3.71. The number of rotatable bonds is 4. The van der Waals surface area contributed by atoms with Crippen molar-refractivity contribution >= 4 is 23.2 Å². The third-order valence-electron chi connectivity index (χ3n) is 3.93. The van der Waals surface area contributed by atoms with E-state index in [-0.39, 0.29) is 0 Å². The molecule has 0 saturated heterocycles. The van der Waals surface area contributed by atoms with Crippen LogP contribution in [-0.2, 0) is 0 Å². The number of nitrogens with one attached hydrogen (secondary N) is 1. The lowest BCUT2D eigenvalue weighted by Gasteiger charge is -2.06. The number of anilines is 2. The van der Waals surface area contributed by atoms with Crippen LogP contribution in [0.15, 0.2) is 73.1 Å². The smallest absolute Gasteiger partial charge is 0.227 e. The van der Waals surface area contributed by atoms with Gasteiger partial charge in [-0.15, -0.1) is 0 Å². The van der Waals surface area contributed by atoms with Crippen LogP contribution < -0.4 is 5.32 Å². The zero-order valence-electron chi connectivity index (χ0n) is 14.1. The molecule has 0 aliphatic heterocycles. The van der Waals surface area contributed by atoms with Crippen molar-refractivity contribution in [3.63, 3.8) is 0 Å². The summed E-state index contributed by atoms with van der Waals surface area (Å²) in [5.74, 6) is 0.511. The van der Waals surface area contributed by atoms with Gasteiger partial charge >= 0.3 is 0 Å². The van der Waals surface area contributed by atoms with Crippen molar-refractivity contribution in [1.29, 1.82) is 0 Å². The molecule has 5 nitrogen and oxygen atoms in total. The second kappa shape index (κ2) is 6.98. The van der Waals surface area contributed by atoms with Gasteiger partial charge < -0.3 is 5.32 Å². The molecular weight excluding hydrogens is 346 g/mol. The molecule has 0 aliphatic rings. The Hall–Kier alpha value is -3.18. The molecule has 0 amide bonds. The molecule has 0 saturated carbocycles. The lowest BCUT2D eigenvalue weighted by Crippen LogP contribution is -1.97. The summed E-state index contributed by atoms with van der Waals surface area (Å²) < 4.78 is 1.86. The summed E-state index contributed by atoms with van der Waals surface area (Å²) >= 11 is 6.03. The van der Waals surface area contributed by atoms with Gasteiger partial charge in [0.05, 0.1) is 17.1 Å². The first-order valence-electron chi connectivity index (χ1n) is 8.17. The SMILES string of the molecule is Cc1nn(-c2ccccc2)cc1-c1ccnc(Nc2cccc(Cl)c2)n1. The van der Waals surface area contributed by atoms with Crippen molar-refractivity contribution in [3.05, 3.63) is 83.8 Å². The Kier molecular flexibility index (Phi) is 4.37.